The van der Waals surface area contributed by atoms with Crippen molar-refractivity contribution in [3.05, 3.63) is 22.7 Å². The lowest BCUT2D eigenvalue weighted by Gasteiger charge is -2.42. The lowest BCUT2D eigenvalue weighted by molar-refractivity contribution is -0.0586. The van der Waals surface area contributed by atoms with E-state index in [4.69, 9.17) is 9.47 Å². The summed E-state index contributed by atoms with van der Waals surface area (Å²) >= 11 is 3.36. The van der Waals surface area contributed by atoms with Gasteiger partial charge in [0.25, 0.3) is 0 Å². The van der Waals surface area contributed by atoms with Gasteiger partial charge in [0.05, 0.1) is 35.2 Å². The second kappa shape index (κ2) is 6.47. The highest BCUT2D eigenvalue weighted by atomic mass is 79.9. The van der Waals surface area contributed by atoms with Crippen molar-refractivity contribution in [2.24, 2.45) is 0 Å². The van der Waals surface area contributed by atoms with Gasteiger partial charge in [-0.25, -0.2) is 8.42 Å². The molecule has 1 aromatic carbocycles. The first-order valence-electron chi connectivity index (χ1n) is 7.51. The van der Waals surface area contributed by atoms with Crippen LogP contribution in [0.25, 0.3) is 0 Å². The van der Waals surface area contributed by atoms with E-state index in [2.05, 4.69) is 15.9 Å². The minimum absolute atomic E-state index is 0.0339. The van der Waals surface area contributed by atoms with Gasteiger partial charge < -0.3 is 9.47 Å². The van der Waals surface area contributed by atoms with Crippen LogP contribution in [0, 0.1) is 0 Å². The van der Waals surface area contributed by atoms with Gasteiger partial charge in [0.1, 0.15) is 5.75 Å². The second-order valence-corrected chi connectivity index (χ2v) is 8.42. The van der Waals surface area contributed by atoms with Crippen molar-refractivity contribution in [2.45, 2.75) is 42.7 Å². The maximum atomic E-state index is 13.0. The molecule has 2 fully saturated rings. The predicted octanol–water partition coefficient (Wildman–Crippen LogP) is 2.79. The molecular weight excluding hydrogens is 370 g/mol. The Morgan fingerprint density at radius 2 is 2.09 bits per heavy atom. The summed E-state index contributed by atoms with van der Waals surface area (Å²) in [5.41, 5.74) is 0. The molecule has 1 aromatic rings. The lowest BCUT2D eigenvalue weighted by Crippen LogP contribution is -2.54. The van der Waals surface area contributed by atoms with Gasteiger partial charge in [-0.2, -0.15) is 4.31 Å². The van der Waals surface area contributed by atoms with Gasteiger partial charge in [-0.05, 0) is 47.0 Å². The Kier molecular flexibility index (Phi) is 4.77. The Balaban J connectivity index is 1.92. The second-order valence-electron chi connectivity index (χ2n) is 5.67. The summed E-state index contributed by atoms with van der Waals surface area (Å²) < 4.78 is 39.2. The van der Waals surface area contributed by atoms with E-state index in [9.17, 15) is 8.42 Å². The number of rotatable bonds is 3. The van der Waals surface area contributed by atoms with E-state index in [-0.39, 0.29) is 12.1 Å². The van der Waals surface area contributed by atoms with Gasteiger partial charge in [-0.15, -0.1) is 0 Å². The summed E-state index contributed by atoms with van der Waals surface area (Å²) in [4.78, 5) is 0.298. The van der Waals surface area contributed by atoms with Crippen molar-refractivity contribution in [1.29, 1.82) is 0 Å². The summed E-state index contributed by atoms with van der Waals surface area (Å²) in [5, 5.41) is 0. The molecule has 2 atom stereocenters. The Morgan fingerprint density at radius 3 is 2.82 bits per heavy atom. The number of benzene rings is 1. The average Bonchev–Trinajstić information content (AvgIpc) is 2.54. The molecule has 1 aliphatic carbocycles. The maximum absolute atomic E-state index is 13.0. The van der Waals surface area contributed by atoms with Crippen LogP contribution in [0.15, 0.2) is 27.6 Å². The summed E-state index contributed by atoms with van der Waals surface area (Å²) in [6, 6.07) is 4.86. The molecule has 5 nitrogen and oxygen atoms in total. The van der Waals surface area contributed by atoms with Gasteiger partial charge >= 0.3 is 0 Å². The molecule has 1 saturated heterocycles. The Labute approximate surface area is 139 Å². The quantitative estimate of drug-likeness (QED) is 0.797. The number of hydrogen-bond donors (Lipinski definition) is 0. The van der Waals surface area contributed by atoms with Crippen LogP contribution in [0.2, 0.25) is 0 Å². The van der Waals surface area contributed by atoms with Gasteiger partial charge in [-0.1, -0.05) is 12.8 Å². The molecule has 0 spiro atoms. The van der Waals surface area contributed by atoms with Gasteiger partial charge in [-0.3, -0.25) is 0 Å². The minimum atomic E-state index is -3.51. The Morgan fingerprint density at radius 1 is 1.32 bits per heavy atom. The van der Waals surface area contributed by atoms with Crippen LogP contribution >= 0.6 is 15.9 Å². The van der Waals surface area contributed by atoms with Crippen LogP contribution in [-0.2, 0) is 14.8 Å². The molecule has 0 bridgehead atoms. The highest BCUT2D eigenvalue weighted by Crippen LogP contribution is 2.34. The molecule has 2 aliphatic rings. The third-order valence-electron chi connectivity index (χ3n) is 4.41. The molecule has 0 N–H and O–H groups in total. The third kappa shape index (κ3) is 2.91. The first-order valence-corrected chi connectivity index (χ1v) is 9.74. The summed E-state index contributed by atoms with van der Waals surface area (Å²) in [7, 11) is -1.95. The third-order valence-corrected chi connectivity index (χ3v) is 6.95. The van der Waals surface area contributed by atoms with Gasteiger partial charge in [0.15, 0.2) is 0 Å². The number of morpholine rings is 1. The number of fused-ring (bicyclic) bond motifs is 1. The topological polar surface area (TPSA) is 55.8 Å². The average molecular weight is 390 g/mol. The van der Waals surface area contributed by atoms with Crippen molar-refractivity contribution in [1.82, 2.24) is 4.31 Å². The zero-order chi connectivity index (χ0) is 15.7. The van der Waals surface area contributed by atoms with Crippen LogP contribution in [0.4, 0.5) is 0 Å². The van der Waals surface area contributed by atoms with Gasteiger partial charge in [0.2, 0.25) is 10.0 Å². The van der Waals surface area contributed by atoms with E-state index in [1.54, 1.807) is 29.6 Å². The molecule has 7 heteroatoms. The van der Waals surface area contributed by atoms with Crippen molar-refractivity contribution in [3.8, 4) is 5.75 Å². The van der Waals surface area contributed by atoms with E-state index in [0.29, 0.717) is 28.3 Å². The molecule has 122 valence electrons. The fourth-order valence-corrected chi connectivity index (χ4v) is 5.68. The molecule has 0 radical (unpaired) electrons. The van der Waals surface area contributed by atoms with Crippen molar-refractivity contribution >= 4 is 26.0 Å². The molecule has 1 heterocycles. The lowest BCUT2D eigenvalue weighted by atomic mass is 9.91. The van der Waals surface area contributed by atoms with E-state index in [1.165, 1.54) is 0 Å². The number of nitrogens with zero attached hydrogens (tertiary/aromatic N) is 1. The summed E-state index contributed by atoms with van der Waals surface area (Å²) in [6.45, 7) is 0.894. The van der Waals surface area contributed by atoms with E-state index in [1.807, 2.05) is 0 Å². The highest BCUT2D eigenvalue weighted by molar-refractivity contribution is 9.10. The normalized spacial score (nSPS) is 26.5. The molecule has 2 unspecified atom stereocenters. The van der Waals surface area contributed by atoms with Crippen LogP contribution < -0.4 is 4.74 Å². The number of ether oxygens (including phenoxy) is 2. The molecule has 1 aliphatic heterocycles. The fourth-order valence-electron chi connectivity index (χ4n) is 3.30. The van der Waals surface area contributed by atoms with Crippen LogP contribution in [0.1, 0.15) is 25.7 Å². The predicted molar refractivity (Wildman–Crippen MR) is 86.6 cm³/mol. The van der Waals surface area contributed by atoms with Crippen molar-refractivity contribution in [3.63, 3.8) is 0 Å². The number of hydrogen-bond acceptors (Lipinski definition) is 4. The number of sulfonamides is 1. The zero-order valence-corrected chi connectivity index (χ0v) is 14.9. The monoisotopic (exact) mass is 389 g/mol. The molecule has 3 rings (SSSR count). The van der Waals surface area contributed by atoms with Crippen molar-refractivity contribution in [2.75, 3.05) is 20.3 Å². The molecular formula is C15H20BrNO4S. The van der Waals surface area contributed by atoms with Crippen LogP contribution in [-0.4, -0.2) is 45.1 Å². The maximum Gasteiger partial charge on any atom is 0.243 e. The number of halogens is 1. The number of methoxy groups -OCH3 is 1. The van der Waals surface area contributed by atoms with Gasteiger partial charge in [0, 0.05) is 6.54 Å². The fraction of sp³-hybridized carbons (Fsp3) is 0.600. The molecule has 22 heavy (non-hydrogen) atoms. The van der Waals surface area contributed by atoms with E-state index >= 15 is 0 Å². The Bertz CT molecular complexity index is 647. The van der Waals surface area contributed by atoms with E-state index < -0.39 is 10.0 Å². The molecule has 0 amide bonds. The summed E-state index contributed by atoms with van der Waals surface area (Å²) in [6.07, 6.45) is 4.04. The first kappa shape index (κ1) is 16.2. The summed E-state index contributed by atoms with van der Waals surface area (Å²) in [5.74, 6) is 0.622. The standard InChI is InChI=1S/C15H20BrNO4S/c1-20-14-7-6-11(10-12(14)16)22(18,19)17-8-9-21-15-5-3-2-4-13(15)17/h6-7,10,13,15H,2-5,8-9H2,1H3. The highest BCUT2D eigenvalue weighted by Gasteiger charge is 2.40. The Hall–Kier alpha value is -0.630. The van der Waals surface area contributed by atoms with Crippen molar-refractivity contribution < 1.29 is 17.9 Å². The zero-order valence-electron chi connectivity index (χ0n) is 12.5. The smallest absolute Gasteiger partial charge is 0.243 e. The first-order chi connectivity index (χ1) is 10.5. The van der Waals surface area contributed by atoms with Crippen LogP contribution in [0.5, 0.6) is 5.75 Å². The molecule has 0 aromatic heterocycles. The van der Waals surface area contributed by atoms with Crippen LogP contribution in [0.3, 0.4) is 0 Å². The minimum Gasteiger partial charge on any atom is -0.496 e. The van der Waals surface area contributed by atoms with E-state index in [0.717, 1.165) is 25.7 Å². The SMILES string of the molecule is COc1ccc(S(=O)(=O)N2CCOC3CCCCC32)cc1Br. The molecule has 1 saturated carbocycles. The largest absolute Gasteiger partial charge is 0.496 e.